The van der Waals surface area contributed by atoms with Crippen LogP contribution in [0.15, 0.2) is 60.7 Å². The quantitative estimate of drug-likeness (QED) is 0.314. The molecule has 0 aliphatic rings. The Morgan fingerprint density at radius 3 is 1.93 bits per heavy atom. The number of rotatable bonds is 2. The van der Waals surface area contributed by atoms with E-state index in [0.29, 0.717) is 5.69 Å². The van der Waals surface area contributed by atoms with Crippen LogP contribution in [0.4, 0.5) is 5.69 Å². The third-order valence-electron chi connectivity index (χ3n) is 2.08. The van der Waals surface area contributed by atoms with Gasteiger partial charge in [-0.3, -0.25) is 0 Å². The van der Waals surface area contributed by atoms with E-state index in [-0.39, 0.29) is 0 Å². The van der Waals surface area contributed by atoms with E-state index in [2.05, 4.69) is 0 Å². The number of benzene rings is 2. The molecule has 0 spiro atoms. The lowest BCUT2D eigenvalue weighted by atomic mass is 10.2. The molecule has 2 aromatic rings. The first-order chi connectivity index (χ1) is 7.36. The third-order valence-corrected chi connectivity index (χ3v) is 2.08. The largest absolute Gasteiger partial charge is 0.618 e. The zero-order valence-corrected chi connectivity index (χ0v) is 8.21. The molecule has 74 valence electrons. The molecule has 2 nitrogen and oxygen atoms in total. The van der Waals surface area contributed by atoms with Crippen molar-refractivity contribution in [3.05, 3.63) is 71.4 Å². The topological polar surface area (TPSA) is 26.1 Å². The standard InChI is InChI=1S/C13H11NO/c15-14(13-9-5-2-6-10-13)11-12-7-3-1-4-8-12/h1-11H. The molecule has 0 heterocycles. The van der Waals surface area contributed by atoms with E-state index in [9.17, 15) is 5.21 Å². The smallest absolute Gasteiger partial charge is 0.216 e. The lowest BCUT2D eigenvalue weighted by molar-refractivity contribution is -0.354. The van der Waals surface area contributed by atoms with Gasteiger partial charge in [0.25, 0.3) is 0 Å². The van der Waals surface area contributed by atoms with Crippen LogP contribution in [0, 0.1) is 5.21 Å². The minimum Gasteiger partial charge on any atom is -0.618 e. The van der Waals surface area contributed by atoms with Crippen LogP contribution in [0.3, 0.4) is 0 Å². The molecular formula is C13H11NO. The molecule has 0 N–H and O–H groups in total. The highest BCUT2D eigenvalue weighted by molar-refractivity contribution is 5.76. The van der Waals surface area contributed by atoms with Crippen molar-refractivity contribution in [1.29, 1.82) is 0 Å². The minimum atomic E-state index is 0.640. The molecule has 0 bridgehead atoms. The van der Waals surface area contributed by atoms with Gasteiger partial charge in [0.05, 0.1) is 0 Å². The van der Waals surface area contributed by atoms with Crippen molar-refractivity contribution in [1.82, 2.24) is 0 Å². The van der Waals surface area contributed by atoms with Crippen molar-refractivity contribution in [2.45, 2.75) is 0 Å². The van der Waals surface area contributed by atoms with Gasteiger partial charge in [0, 0.05) is 17.7 Å². The highest BCUT2D eigenvalue weighted by Crippen LogP contribution is 2.09. The SMILES string of the molecule is [O-][N+](=Cc1ccccc1)c1ccccc1. The maximum atomic E-state index is 11.7. The van der Waals surface area contributed by atoms with E-state index < -0.39 is 0 Å². The molecule has 0 atom stereocenters. The first-order valence-electron chi connectivity index (χ1n) is 4.77. The molecule has 2 aromatic carbocycles. The Labute approximate surface area is 88.7 Å². The maximum absolute atomic E-state index is 11.7. The van der Waals surface area contributed by atoms with Crippen LogP contribution < -0.4 is 0 Å². The van der Waals surface area contributed by atoms with Crippen molar-refractivity contribution in [3.63, 3.8) is 0 Å². The van der Waals surface area contributed by atoms with E-state index in [0.717, 1.165) is 10.3 Å². The molecule has 0 saturated heterocycles. The molecule has 2 heteroatoms. The van der Waals surface area contributed by atoms with Gasteiger partial charge in [-0.2, -0.15) is 4.74 Å². The molecular weight excluding hydrogens is 186 g/mol. The number of nitrogens with zero attached hydrogens (tertiary/aromatic N) is 1. The van der Waals surface area contributed by atoms with Crippen molar-refractivity contribution in [3.8, 4) is 0 Å². The van der Waals surface area contributed by atoms with Crippen LogP contribution in [0.5, 0.6) is 0 Å². The number of hydrogen-bond acceptors (Lipinski definition) is 1. The summed E-state index contributed by atoms with van der Waals surface area (Å²) >= 11 is 0. The van der Waals surface area contributed by atoms with Gasteiger partial charge in [0.15, 0.2) is 6.21 Å². The van der Waals surface area contributed by atoms with Crippen molar-refractivity contribution < 1.29 is 4.74 Å². The number of para-hydroxylation sites is 1. The van der Waals surface area contributed by atoms with Crippen LogP contribution in [0.2, 0.25) is 0 Å². The molecule has 0 aliphatic carbocycles. The summed E-state index contributed by atoms with van der Waals surface area (Å²) in [7, 11) is 0. The van der Waals surface area contributed by atoms with Crippen molar-refractivity contribution in [2.24, 2.45) is 0 Å². The molecule has 0 aliphatic heterocycles. The van der Waals surface area contributed by atoms with Crippen LogP contribution in [-0.4, -0.2) is 11.0 Å². The molecule has 15 heavy (non-hydrogen) atoms. The molecule has 0 fully saturated rings. The zero-order valence-electron chi connectivity index (χ0n) is 8.21. The fourth-order valence-electron chi connectivity index (χ4n) is 1.32. The van der Waals surface area contributed by atoms with Crippen LogP contribution in [0.25, 0.3) is 0 Å². The van der Waals surface area contributed by atoms with Gasteiger partial charge in [0.2, 0.25) is 5.69 Å². The summed E-state index contributed by atoms with van der Waals surface area (Å²) in [4.78, 5) is 0. The van der Waals surface area contributed by atoms with Crippen molar-refractivity contribution >= 4 is 11.9 Å². The Balaban J connectivity index is 2.29. The maximum Gasteiger partial charge on any atom is 0.216 e. The third kappa shape index (κ3) is 2.44. The second kappa shape index (κ2) is 4.42. The van der Waals surface area contributed by atoms with E-state index in [1.807, 2.05) is 48.5 Å². The monoisotopic (exact) mass is 197 g/mol. The highest BCUT2D eigenvalue weighted by atomic mass is 16.5. The predicted molar refractivity (Wildman–Crippen MR) is 61.3 cm³/mol. The van der Waals surface area contributed by atoms with E-state index in [1.165, 1.54) is 0 Å². The summed E-state index contributed by atoms with van der Waals surface area (Å²) in [6.07, 6.45) is 1.56. The zero-order chi connectivity index (χ0) is 10.5. The summed E-state index contributed by atoms with van der Waals surface area (Å²) in [5.41, 5.74) is 1.54. The van der Waals surface area contributed by atoms with Gasteiger partial charge in [-0.05, 0) is 12.1 Å². The summed E-state index contributed by atoms with van der Waals surface area (Å²) in [5.74, 6) is 0. The Kier molecular flexibility index (Phi) is 2.79. The van der Waals surface area contributed by atoms with Gasteiger partial charge in [-0.25, -0.2) is 0 Å². The minimum absolute atomic E-state index is 0.640. The molecule has 0 aromatic heterocycles. The van der Waals surface area contributed by atoms with E-state index in [1.54, 1.807) is 18.3 Å². The molecule has 0 saturated carbocycles. The second-order valence-electron chi connectivity index (χ2n) is 3.20. The van der Waals surface area contributed by atoms with Gasteiger partial charge in [0.1, 0.15) is 0 Å². The first kappa shape index (κ1) is 9.46. The fourth-order valence-corrected chi connectivity index (χ4v) is 1.32. The summed E-state index contributed by atoms with van der Waals surface area (Å²) in [6.45, 7) is 0. The Morgan fingerprint density at radius 1 is 0.800 bits per heavy atom. The van der Waals surface area contributed by atoms with Crippen LogP contribution >= 0.6 is 0 Å². The van der Waals surface area contributed by atoms with E-state index in [4.69, 9.17) is 0 Å². The fraction of sp³-hybridized carbons (Fsp3) is 0. The van der Waals surface area contributed by atoms with Crippen LogP contribution in [0.1, 0.15) is 5.56 Å². The van der Waals surface area contributed by atoms with Gasteiger partial charge < -0.3 is 5.21 Å². The predicted octanol–water partition coefficient (Wildman–Crippen LogP) is 2.95. The lowest BCUT2D eigenvalue weighted by Gasteiger charge is -2.01. The number of hydrogen-bond donors (Lipinski definition) is 0. The Bertz CT molecular complexity index is 448. The van der Waals surface area contributed by atoms with E-state index >= 15 is 0 Å². The van der Waals surface area contributed by atoms with Crippen LogP contribution in [-0.2, 0) is 0 Å². The summed E-state index contributed by atoms with van der Waals surface area (Å²) < 4.78 is 0.870. The lowest BCUT2D eigenvalue weighted by Crippen LogP contribution is -1.97. The van der Waals surface area contributed by atoms with Crippen molar-refractivity contribution in [2.75, 3.05) is 0 Å². The Hall–Kier alpha value is -2.09. The molecule has 0 amide bonds. The average molecular weight is 197 g/mol. The highest BCUT2D eigenvalue weighted by Gasteiger charge is 1.98. The first-order valence-corrected chi connectivity index (χ1v) is 4.77. The van der Waals surface area contributed by atoms with Gasteiger partial charge in [-0.15, -0.1) is 0 Å². The second-order valence-corrected chi connectivity index (χ2v) is 3.20. The Morgan fingerprint density at radius 2 is 1.33 bits per heavy atom. The summed E-state index contributed by atoms with van der Waals surface area (Å²) in [5, 5.41) is 11.7. The normalized spacial score (nSPS) is 11.3. The average Bonchev–Trinajstić information content (AvgIpc) is 2.31. The van der Waals surface area contributed by atoms with Gasteiger partial charge in [-0.1, -0.05) is 36.4 Å². The molecule has 2 rings (SSSR count). The van der Waals surface area contributed by atoms with Gasteiger partial charge >= 0.3 is 0 Å². The summed E-state index contributed by atoms with van der Waals surface area (Å²) in [6, 6.07) is 18.7. The molecule has 0 radical (unpaired) electrons. The molecule has 0 unspecified atom stereocenters.